The molecule has 0 aromatic heterocycles. The molecular weight excluding hydrogens is 248 g/mol. The fourth-order valence-electron chi connectivity index (χ4n) is 2.53. The van der Waals surface area contributed by atoms with Gasteiger partial charge in [-0.3, -0.25) is 0 Å². The maximum atomic E-state index is 5.70. The van der Waals surface area contributed by atoms with E-state index in [-0.39, 0.29) is 0 Å². The van der Waals surface area contributed by atoms with Crippen LogP contribution in [0, 0.1) is 5.92 Å². The van der Waals surface area contributed by atoms with Crippen molar-refractivity contribution in [1.29, 1.82) is 0 Å². The van der Waals surface area contributed by atoms with E-state index in [1.807, 2.05) is 0 Å². The van der Waals surface area contributed by atoms with Crippen LogP contribution in [-0.2, 0) is 9.78 Å². The Morgan fingerprint density at radius 2 is 1.45 bits per heavy atom. The first-order chi connectivity index (χ1) is 9.78. The van der Waals surface area contributed by atoms with Gasteiger partial charge >= 0.3 is 0 Å². The summed E-state index contributed by atoms with van der Waals surface area (Å²) in [6.45, 7) is 9.76. The van der Waals surface area contributed by atoms with Crippen LogP contribution in [0.2, 0.25) is 0 Å². The van der Waals surface area contributed by atoms with Gasteiger partial charge in [-0.1, -0.05) is 79.1 Å². The molecule has 20 heavy (non-hydrogen) atoms. The lowest BCUT2D eigenvalue weighted by Gasteiger charge is -2.22. The van der Waals surface area contributed by atoms with Crippen LogP contribution < -0.4 is 0 Å². The van der Waals surface area contributed by atoms with E-state index in [0.29, 0.717) is 6.10 Å². The van der Waals surface area contributed by atoms with Crippen LogP contribution in [0.15, 0.2) is 0 Å². The first-order valence-electron chi connectivity index (χ1n) is 9.06. The molecule has 0 amide bonds. The van der Waals surface area contributed by atoms with Gasteiger partial charge in [0.2, 0.25) is 0 Å². The summed E-state index contributed by atoms with van der Waals surface area (Å²) in [4.78, 5) is 11.1. The fourth-order valence-corrected chi connectivity index (χ4v) is 2.53. The lowest BCUT2D eigenvalue weighted by atomic mass is 9.91. The van der Waals surface area contributed by atoms with Crippen molar-refractivity contribution in [1.82, 2.24) is 0 Å². The molecule has 0 N–H and O–H groups in total. The molecule has 122 valence electrons. The Labute approximate surface area is 127 Å². The van der Waals surface area contributed by atoms with Gasteiger partial charge in [-0.25, -0.2) is 9.78 Å². The second-order valence-corrected chi connectivity index (χ2v) is 6.04. The Morgan fingerprint density at radius 3 is 2.05 bits per heavy atom. The van der Waals surface area contributed by atoms with Crippen molar-refractivity contribution in [3.63, 3.8) is 0 Å². The van der Waals surface area contributed by atoms with E-state index in [2.05, 4.69) is 27.7 Å². The molecule has 0 bridgehead atoms. The van der Waals surface area contributed by atoms with E-state index in [4.69, 9.17) is 9.78 Å². The van der Waals surface area contributed by atoms with Crippen LogP contribution in [0.25, 0.3) is 0 Å². The van der Waals surface area contributed by atoms with E-state index in [1.54, 1.807) is 0 Å². The lowest BCUT2D eigenvalue weighted by molar-refractivity contribution is -0.328. The lowest BCUT2D eigenvalue weighted by Crippen LogP contribution is -2.18. The number of rotatable bonds is 15. The largest absolute Gasteiger partial charge is 0.236 e. The van der Waals surface area contributed by atoms with Crippen molar-refractivity contribution in [2.24, 2.45) is 5.92 Å². The minimum atomic E-state index is 0.306. The molecule has 0 saturated carbocycles. The standard InChI is InChI=1S/C18H38O2/c1-5-9-12-14-18(20-19-15-11-7-3)16-17(8-4)13-10-6-2/h17-18H,5-16H2,1-4H3. The molecule has 0 spiro atoms. The van der Waals surface area contributed by atoms with Crippen molar-refractivity contribution in [2.75, 3.05) is 6.61 Å². The highest BCUT2D eigenvalue weighted by atomic mass is 17.2. The molecule has 0 heterocycles. The molecule has 2 unspecified atom stereocenters. The molecule has 0 aliphatic carbocycles. The molecule has 0 saturated heterocycles. The molecule has 0 fully saturated rings. The highest BCUT2D eigenvalue weighted by Gasteiger charge is 2.16. The molecule has 0 aromatic rings. The van der Waals surface area contributed by atoms with Crippen LogP contribution in [0.3, 0.4) is 0 Å². The maximum absolute atomic E-state index is 5.70. The Balaban J connectivity index is 4.04. The third kappa shape index (κ3) is 11.7. The monoisotopic (exact) mass is 286 g/mol. The first kappa shape index (κ1) is 19.9. The smallest absolute Gasteiger partial charge is 0.0932 e. The summed E-state index contributed by atoms with van der Waals surface area (Å²) >= 11 is 0. The van der Waals surface area contributed by atoms with E-state index < -0.39 is 0 Å². The van der Waals surface area contributed by atoms with Crippen LogP contribution in [0.5, 0.6) is 0 Å². The number of unbranched alkanes of at least 4 members (excludes halogenated alkanes) is 4. The van der Waals surface area contributed by atoms with Crippen LogP contribution in [-0.4, -0.2) is 12.7 Å². The predicted molar refractivity (Wildman–Crippen MR) is 87.8 cm³/mol. The Bertz CT molecular complexity index is 182. The fraction of sp³-hybridized carbons (Fsp3) is 1.00. The minimum Gasteiger partial charge on any atom is -0.236 e. The maximum Gasteiger partial charge on any atom is 0.0932 e. The molecule has 2 nitrogen and oxygen atoms in total. The predicted octanol–water partition coefficient (Wildman–Crippen LogP) is 6.29. The molecule has 2 atom stereocenters. The van der Waals surface area contributed by atoms with Crippen LogP contribution in [0.1, 0.15) is 98.3 Å². The zero-order valence-corrected chi connectivity index (χ0v) is 14.5. The summed E-state index contributed by atoms with van der Waals surface area (Å²) in [5.74, 6) is 0.802. The minimum absolute atomic E-state index is 0.306. The third-order valence-electron chi connectivity index (χ3n) is 4.05. The zero-order valence-electron chi connectivity index (χ0n) is 14.5. The quantitative estimate of drug-likeness (QED) is 0.200. The molecular formula is C18H38O2. The Morgan fingerprint density at radius 1 is 0.750 bits per heavy atom. The molecule has 0 aliphatic heterocycles. The summed E-state index contributed by atoms with van der Waals surface area (Å²) in [5.41, 5.74) is 0. The van der Waals surface area contributed by atoms with Gasteiger partial charge in [0.1, 0.15) is 0 Å². The average Bonchev–Trinajstić information content (AvgIpc) is 2.47. The summed E-state index contributed by atoms with van der Waals surface area (Å²) < 4.78 is 0. The Hall–Kier alpha value is -0.0800. The normalized spacial score (nSPS) is 14.4. The molecule has 2 heteroatoms. The Kier molecular flexibility index (Phi) is 15.3. The van der Waals surface area contributed by atoms with Crippen molar-refractivity contribution in [3.05, 3.63) is 0 Å². The summed E-state index contributed by atoms with van der Waals surface area (Å²) in [7, 11) is 0. The second-order valence-electron chi connectivity index (χ2n) is 6.04. The second kappa shape index (κ2) is 15.3. The molecule has 0 radical (unpaired) electrons. The highest BCUT2D eigenvalue weighted by molar-refractivity contribution is 4.65. The van der Waals surface area contributed by atoms with Gasteiger partial charge in [0.15, 0.2) is 0 Å². The molecule has 0 aromatic carbocycles. The number of hydrogen-bond acceptors (Lipinski definition) is 2. The van der Waals surface area contributed by atoms with Crippen molar-refractivity contribution >= 4 is 0 Å². The van der Waals surface area contributed by atoms with Crippen molar-refractivity contribution in [3.8, 4) is 0 Å². The van der Waals surface area contributed by atoms with E-state index >= 15 is 0 Å². The van der Waals surface area contributed by atoms with Crippen LogP contribution >= 0.6 is 0 Å². The van der Waals surface area contributed by atoms with E-state index in [1.165, 1.54) is 51.4 Å². The van der Waals surface area contributed by atoms with Gasteiger partial charge in [0, 0.05) is 0 Å². The van der Waals surface area contributed by atoms with E-state index in [9.17, 15) is 0 Å². The molecule has 0 rings (SSSR count). The third-order valence-corrected chi connectivity index (χ3v) is 4.05. The van der Waals surface area contributed by atoms with Crippen molar-refractivity contribution in [2.45, 2.75) is 104 Å². The van der Waals surface area contributed by atoms with E-state index in [0.717, 1.165) is 31.8 Å². The van der Waals surface area contributed by atoms with Gasteiger partial charge in [-0.2, -0.15) is 0 Å². The van der Waals surface area contributed by atoms with Crippen molar-refractivity contribution < 1.29 is 9.78 Å². The van der Waals surface area contributed by atoms with Crippen LogP contribution in [0.4, 0.5) is 0 Å². The summed E-state index contributed by atoms with van der Waals surface area (Å²) in [6.07, 6.45) is 14.0. The molecule has 0 aliphatic rings. The summed E-state index contributed by atoms with van der Waals surface area (Å²) in [6, 6.07) is 0. The SMILES string of the molecule is CCCCCC(CC(CC)CCCC)OOCCCC. The first-order valence-corrected chi connectivity index (χ1v) is 9.06. The van der Waals surface area contributed by atoms with Gasteiger partial charge in [0.05, 0.1) is 12.7 Å². The number of hydrogen-bond donors (Lipinski definition) is 0. The van der Waals surface area contributed by atoms with Gasteiger partial charge in [0.25, 0.3) is 0 Å². The topological polar surface area (TPSA) is 18.5 Å². The van der Waals surface area contributed by atoms with Gasteiger partial charge in [-0.05, 0) is 25.2 Å². The summed E-state index contributed by atoms with van der Waals surface area (Å²) in [5, 5.41) is 0. The zero-order chi connectivity index (χ0) is 15.1. The average molecular weight is 286 g/mol. The van der Waals surface area contributed by atoms with Gasteiger partial charge < -0.3 is 0 Å². The van der Waals surface area contributed by atoms with Gasteiger partial charge in [-0.15, -0.1) is 0 Å². The highest BCUT2D eigenvalue weighted by Crippen LogP contribution is 2.23.